The van der Waals surface area contributed by atoms with Crippen LogP contribution in [0.4, 0.5) is 11.6 Å². The zero-order chi connectivity index (χ0) is 26.0. The van der Waals surface area contributed by atoms with Crippen LogP contribution in [0.2, 0.25) is 0 Å². The normalized spacial score (nSPS) is 13.9. The van der Waals surface area contributed by atoms with Crippen molar-refractivity contribution in [2.75, 3.05) is 31.3 Å². The second kappa shape index (κ2) is 14.3. The predicted octanol–water partition coefficient (Wildman–Crippen LogP) is 4.68. The van der Waals surface area contributed by atoms with Gasteiger partial charge in [-0.25, -0.2) is 9.97 Å². The number of nitrogens with two attached hydrogens (primary N) is 1. The molecule has 8 heteroatoms. The molecule has 2 aromatic rings. The number of hydrogen-bond donors (Lipinski definition) is 1. The molecule has 0 saturated carbocycles. The van der Waals surface area contributed by atoms with Gasteiger partial charge in [0.25, 0.3) is 5.56 Å². The summed E-state index contributed by atoms with van der Waals surface area (Å²) in [6, 6.07) is 1.94. The second-order valence-electron chi connectivity index (χ2n) is 8.66. The fraction of sp³-hybridized carbons (Fsp3) is 0.444. The fourth-order valence-corrected chi connectivity index (χ4v) is 3.95. The van der Waals surface area contributed by atoms with Crippen LogP contribution in [0.5, 0.6) is 0 Å². The molecule has 0 unspecified atom stereocenters. The number of nitrogen functional groups attached to an aromatic ring is 1. The van der Waals surface area contributed by atoms with E-state index in [9.17, 15) is 4.79 Å². The molecule has 0 aromatic carbocycles. The van der Waals surface area contributed by atoms with E-state index >= 15 is 0 Å². The van der Waals surface area contributed by atoms with Crippen LogP contribution in [-0.2, 0) is 9.23 Å². The molecular weight excluding hydrogens is 631 g/mol. The molecule has 2 aliphatic rings. The van der Waals surface area contributed by atoms with E-state index in [-0.39, 0.29) is 5.56 Å². The number of allylic oxidation sites excluding steroid dienone is 6. The molecule has 2 N–H and O–H groups in total. The number of rotatable bonds is 4. The van der Waals surface area contributed by atoms with Crippen LogP contribution in [0, 0.1) is 13.8 Å². The average molecular weight is 669 g/mol. The summed E-state index contributed by atoms with van der Waals surface area (Å²) in [5.41, 5.74) is 11.8. The Hall–Kier alpha value is -2.27. The van der Waals surface area contributed by atoms with Crippen LogP contribution in [0.3, 0.4) is 0 Å². The van der Waals surface area contributed by atoms with Crippen LogP contribution in [0.15, 0.2) is 52.5 Å². The molecule has 0 fully saturated rings. The van der Waals surface area contributed by atoms with Gasteiger partial charge in [0.05, 0.1) is 5.69 Å². The van der Waals surface area contributed by atoms with Crippen molar-refractivity contribution in [2.24, 2.45) is 0 Å². The second-order valence-corrected chi connectivity index (χ2v) is 9.96. The molecule has 0 atom stereocenters. The van der Waals surface area contributed by atoms with E-state index in [4.69, 9.17) is 8.42 Å². The van der Waals surface area contributed by atoms with Crippen LogP contribution < -0.4 is 16.2 Å². The van der Waals surface area contributed by atoms with Gasteiger partial charge in [-0.05, 0) is 63.7 Å². The minimum Gasteiger partial charge on any atom is -0.384 e. The Morgan fingerprint density at radius 2 is 1.91 bits per heavy atom. The van der Waals surface area contributed by atoms with E-state index in [1.54, 1.807) is 24.3 Å². The molecular formula is C27H38N5O2Tl. The maximum absolute atomic E-state index is 12.5. The van der Waals surface area contributed by atoms with Gasteiger partial charge in [-0.1, -0.05) is 29.9 Å². The van der Waals surface area contributed by atoms with Crippen molar-refractivity contribution in [3.8, 4) is 11.3 Å². The summed E-state index contributed by atoms with van der Waals surface area (Å²) in [6.07, 6.45) is 15.8. The van der Waals surface area contributed by atoms with Gasteiger partial charge in [0.1, 0.15) is 17.3 Å². The van der Waals surface area contributed by atoms with Gasteiger partial charge in [-0.3, -0.25) is 9.36 Å². The van der Waals surface area contributed by atoms with Gasteiger partial charge >= 0.3 is 42.4 Å². The van der Waals surface area contributed by atoms with Crippen molar-refractivity contribution in [1.82, 2.24) is 14.5 Å². The van der Waals surface area contributed by atoms with E-state index in [0.717, 1.165) is 49.8 Å². The summed E-state index contributed by atoms with van der Waals surface area (Å²) in [5.74, 6) is 1.26. The maximum Gasteiger partial charge on any atom is 0.278 e. The Bertz CT molecular complexity index is 1150. The summed E-state index contributed by atoms with van der Waals surface area (Å²) in [6.45, 7) is 9.06. The fourth-order valence-electron chi connectivity index (χ4n) is 3.95. The van der Waals surface area contributed by atoms with Crippen LogP contribution >= 0.6 is 0 Å². The van der Waals surface area contributed by atoms with E-state index in [1.807, 2.05) is 45.8 Å². The average Bonchev–Trinajstić information content (AvgIpc) is 3.18. The Morgan fingerprint density at radius 1 is 1.20 bits per heavy atom. The molecule has 0 saturated heterocycles. The molecule has 4 rings (SSSR count). The Morgan fingerprint density at radius 3 is 2.51 bits per heavy atom. The van der Waals surface area contributed by atoms with Crippen molar-refractivity contribution in [2.45, 2.75) is 59.9 Å². The summed E-state index contributed by atoms with van der Waals surface area (Å²) in [7, 11) is 3.86. The monoisotopic (exact) mass is 669 g/mol. The number of pyridine rings is 1. The maximum atomic E-state index is 12.5. The first-order chi connectivity index (χ1) is 16.7. The molecule has 0 aliphatic heterocycles. The van der Waals surface area contributed by atoms with Gasteiger partial charge in [-0.2, -0.15) is 0 Å². The van der Waals surface area contributed by atoms with Crippen molar-refractivity contribution < 1.29 is 2.69 Å². The Balaban J connectivity index is 0.000000253. The van der Waals surface area contributed by atoms with E-state index in [1.165, 1.54) is 30.3 Å². The van der Waals surface area contributed by atoms with Gasteiger partial charge < -0.3 is 10.6 Å². The molecule has 2 aromatic heterocycles. The number of hydrogen-bond acceptors (Lipinski definition) is 6. The third-order valence-electron chi connectivity index (χ3n) is 5.97. The minimum atomic E-state index is -0.178. The summed E-state index contributed by atoms with van der Waals surface area (Å²) in [4.78, 5) is 23.2. The van der Waals surface area contributed by atoms with E-state index in [2.05, 4.69) is 34.3 Å². The van der Waals surface area contributed by atoms with Crippen molar-refractivity contribution >= 4 is 37.9 Å². The predicted molar refractivity (Wildman–Crippen MR) is 147 cm³/mol. The molecule has 0 spiro atoms. The van der Waals surface area contributed by atoms with E-state index < -0.39 is 0 Å². The first-order valence-corrected chi connectivity index (χ1v) is 13.9. The number of aryl methyl sites for hydroxylation is 2. The van der Waals surface area contributed by atoms with Gasteiger partial charge in [0.15, 0.2) is 0 Å². The zero-order valence-corrected chi connectivity index (χ0v) is 26.5. The molecule has 35 heavy (non-hydrogen) atoms. The number of anilines is 2. The van der Waals surface area contributed by atoms with Gasteiger partial charge in [-0.15, -0.1) is 0 Å². The summed E-state index contributed by atoms with van der Waals surface area (Å²) >= 11 is 0.731. The zero-order valence-electron chi connectivity index (χ0n) is 22.0. The standard InChI is InChI=1S/C15H21N5O.C10H12.C2H5O.Tl/c1-6-20-14(16)10(3)18-13(15(20)21)11-8-17-12(19(4)5)7-9(11)2;1-2-5-9-7-4-8-10(9)6-3-1;1-2-3;/h7-8H,6,16H2,1-5H3;1-3,5H,4,6-8H2;2H2,1H3;/q;;-1;+1. The quantitative estimate of drug-likeness (QED) is 0.477. The molecule has 186 valence electrons. The number of nitrogens with zero attached hydrogens (tertiary/aromatic N) is 4. The third kappa shape index (κ3) is 7.86. The largest absolute Gasteiger partial charge is 0.384 e. The van der Waals surface area contributed by atoms with E-state index in [0.29, 0.717) is 23.8 Å². The minimum absolute atomic E-state index is 0.178. The summed E-state index contributed by atoms with van der Waals surface area (Å²) in [5, 5.41) is 0. The summed E-state index contributed by atoms with van der Waals surface area (Å²) < 4.78 is 6.25. The smallest absolute Gasteiger partial charge is 0.278 e. The molecule has 0 bridgehead atoms. The van der Waals surface area contributed by atoms with Crippen LogP contribution in [0.25, 0.3) is 11.3 Å². The van der Waals surface area contributed by atoms with Crippen molar-refractivity contribution in [3.05, 3.63) is 69.3 Å². The molecule has 2 aliphatic carbocycles. The van der Waals surface area contributed by atoms with Crippen LogP contribution in [0.1, 0.15) is 50.8 Å². The Labute approximate surface area is 226 Å². The van der Waals surface area contributed by atoms with Gasteiger partial charge in [0, 0.05) is 32.4 Å². The number of aromatic nitrogens is 3. The van der Waals surface area contributed by atoms with Gasteiger partial charge in [0.2, 0.25) is 0 Å². The molecule has 7 nitrogen and oxygen atoms in total. The van der Waals surface area contributed by atoms with Crippen molar-refractivity contribution in [1.29, 1.82) is 0 Å². The molecule has 0 radical (unpaired) electrons. The SMILES string of the molecule is C1=CCC2=C(C=C1)CCC2.CC[O][Tl].CCn1c(N)c(C)nc(-c2cnc(N(C)C)cc2C)c1=O. The van der Waals surface area contributed by atoms with Crippen molar-refractivity contribution in [3.63, 3.8) is 0 Å². The first kappa shape index (κ1) is 29.0. The first-order valence-electron chi connectivity index (χ1n) is 12.1. The molecule has 2 heterocycles. The Kier molecular flexibility index (Phi) is 11.9. The van der Waals surface area contributed by atoms with Crippen LogP contribution in [-0.4, -0.2) is 61.5 Å². The topological polar surface area (TPSA) is 86.3 Å². The molecule has 0 amide bonds. The third-order valence-corrected chi connectivity index (χ3v) is 7.26.